The van der Waals surface area contributed by atoms with Crippen LogP contribution in [0.3, 0.4) is 0 Å². The lowest BCUT2D eigenvalue weighted by Crippen LogP contribution is -2.52. The van der Waals surface area contributed by atoms with Crippen LogP contribution in [0.2, 0.25) is 0 Å². The molecule has 3 saturated carbocycles. The number of fused-ring (bicyclic) bond motifs is 5. The van der Waals surface area contributed by atoms with Crippen molar-refractivity contribution in [1.82, 2.24) is 0 Å². The van der Waals surface area contributed by atoms with Crippen molar-refractivity contribution in [1.29, 1.82) is 5.26 Å². The maximum Gasteiger partial charge on any atom is 0.139 e. The lowest BCUT2D eigenvalue weighted by molar-refractivity contribution is -0.135. The second-order valence-corrected chi connectivity index (χ2v) is 8.79. The van der Waals surface area contributed by atoms with E-state index in [0.717, 1.165) is 43.1 Å². The van der Waals surface area contributed by atoms with Crippen LogP contribution >= 0.6 is 0 Å². The number of allylic oxidation sites excluding steroid dienone is 2. The Labute approximate surface area is 134 Å². The number of hydrogen-bond acceptors (Lipinski definition) is 2. The third-order valence-corrected chi connectivity index (χ3v) is 8.13. The van der Waals surface area contributed by atoms with E-state index in [1.165, 1.54) is 25.7 Å². The Balaban J connectivity index is 1.66. The molecule has 0 unspecified atom stereocenters. The van der Waals surface area contributed by atoms with Gasteiger partial charge in [0.1, 0.15) is 5.78 Å². The highest BCUT2D eigenvalue weighted by molar-refractivity contribution is 5.87. The first kappa shape index (κ1) is 14.5. The van der Waals surface area contributed by atoms with Crippen molar-refractivity contribution < 1.29 is 4.79 Å². The second kappa shape index (κ2) is 4.70. The molecule has 6 atom stereocenters. The first-order valence-electron chi connectivity index (χ1n) is 9.13. The van der Waals surface area contributed by atoms with Crippen molar-refractivity contribution in [2.45, 2.75) is 65.2 Å². The summed E-state index contributed by atoms with van der Waals surface area (Å²) in [7, 11) is 0. The molecule has 0 N–H and O–H groups in total. The van der Waals surface area contributed by atoms with Crippen molar-refractivity contribution in [3.05, 3.63) is 11.6 Å². The summed E-state index contributed by atoms with van der Waals surface area (Å²) < 4.78 is 0. The van der Waals surface area contributed by atoms with Crippen molar-refractivity contribution in [3.8, 4) is 6.07 Å². The van der Waals surface area contributed by atoms with Gasteiger partial charge in [-0.3, -0.25) is 4.79 Å². The second-order valence-electron chi connectivity index (χ2n) is 8.79. The molecular formula is C20H27NO. The van der Waals surface area contributed by atoms with Crippen LogP contribution in [0.25, 0.3) is 0 Å². The number of carbonyl (C=O) groups excluding carboxylic acids is 1. The van der Waals surface area contributed by atoms with Gasteiger partial charge in [-0.05, 0) is 74.0 Å². The smallest absolute Gasteiger partial charge is 0.139 e. The zero-order chi connectivity index (χ0) is 15.5. The fourth-order valence-electron chi connectivity index (χ4n) is 6.72. The van der Waals surface area contributed by atoms with Crippen LogP contribution in [0.4, 0.5) is 0 Å². The number of Topliss-reactive ketones (excluding diaryl/α,β-unsaturated/α-hetero) is 1. The van der Waals surface area contributed by atoms with Crippen LogP contribution in [-0.2, 0) is 4.79 Å². The van der Waals surface area contributed by atoms with Crippen molar-refractivity contribution in [2.75, 3.05) is 0 Å². The van der Waals surface area contributed by atoms with E-state index in [-0.39, 0.29) is 5.41 Å². The first-order valence-corrected chi connectivity index (χ1v) is 9.13. The van der Waals surface area contributed by atoms with Gasteiger partial charge in [0.15, 0.2) is 0 Å². The standard InChI is InChI=1S/C20H27NO/c1-19-9-7-13(12-21)11-14(19)3-4-15-16-5-6-18(22)20(16,2)10-8-17(15)19/h11,14-17H,3-10H2,1-2H3/t14-,15-,16-,17+,19-,20-/m0/s1. The van der Waals surface area contributed by atoms with Crippen LogP contribution < -0.4 is 0 Å². The van der Waals surface area contributed by atoms with E-state index in [2.05, 4.69) is 26.0 Å². The minimum atomic E-state index is -0.00726. The molecule has 0 aromatic heterocycles. The fraction of sp³-hybridized carbons (Fsp3) is 0.800. The summed E-state index contributed by atoms with van der Waals surface area (Å²) in [6.45, 7) is 4.74. The predicted molar refractivity (Wildman–Crippen MR) is 85.8 cm³/mol. The molecule has 2 nitrogen and oxygen atoms in total. The molecule has 0 aliphatic heterocycles. The topological polar surface area (TPSA) is 40.9 Å². The van der Waals surface area contributed by atoms with Gasteiger partial charge in [0.25, 0.3) is 0 Å². The maximum absolute atomic E-state index is 12.4. The molecule has 0 spiro atoms. The summed E-state index contributed by atoms with van der Waals surface area (Å²) in [6, 6.07) is 2.39. The molecule has 0 heterocycles. The Hall–Kier alpha value is -1.10. The van der Waals surface area contributed by atoms with Crippen LogP contribution in [0, 0.1) is 45.8 Å². The van der Waals surface area contributed by atoms with Gasteiger partial charge in [-0.1, -0.05) is 19.9 Å². The molecule has 2 heteroatoms. The van der Waals surface area contributed by atoms with E-state index in [4.69, 9.17) is 0 Å². The number of nitrogens with zero attached hydrogens (tertiary/aromatic N) is 1. The molecule has 0 saturated heterocycles. The van der Waals surface area contributed by atoms with Crippen LogP contribution in [-0.4, -0.2) is 5.78 Å². The van der Waals surface area contributed by atoms with Crippen LogP contribution in [0.1, 0.15) is 65.2 Å². The summed E-state index contributed by atoms with van der Waals surface area (Å²) in [5.41, 5.74) is 1.38. The molecule has 4 aliphatic rings. The monoisotopic (exact) mass is 297 g/mol. The molecular weight excluding hydrogens is 270 g/mol. The van der Waals surface area contributed by atoms with Gasteiger partial charge in [-0.15, -0.1) is 0 Å². The number of nitriles is 1. The average molecular weight is 297 g/mol. The van der Waals surface area contributed by atoms with E-state index in [1.54, 1.807) is 0 Å². The minimum Gasteiger partial charge on any atom is -0.299 e. The first-order chi connectivity index (χ1) is 10.5. The average Bonchev–Trinajstić information content (AvgIpc) is 2.82. The molecule has 0 radical (unpaired) electrons. The largest absolute Gasteiger partial charge is 0.299 e. The molecule has 0 bridgehead atoms. The van der Waals surface area contributed by atoms with Gasteiger partial charge in [0.2, 0.25) is 0 Å². The van der Waals surface area contributed by atoms with E-state index in [0.29, 0.717) is 23.0 Å². The third kappa shape index (κ3) is 1.75. The number of hydrogen-bond donors (Lipinski definition) is 0. The summed E-state index contributed by atoms with van der Waals surface area (Å²) in [5.74, 6) is 3.30. The highest BCUT2D eigenvalue weighted by Crippen LogP contribution is 2.64. The summed E-state index contributed by atoms with van der Waals surface area (Å²) in [4.78, 5) is 12.4. The predicted octanol–water partition coefficient (Wildman–Crippen LogP) is 4.66. The molecule has 4 rings (SSSR count). The van der Waals surface area contributed by atoms with E-state index < -0.39 is 0 Å². The molecule has 0 aromatic rings. The highest BCUT2D eigenvalue weighted by atomic mass is 16.1. The van der Waals surface area contributed by atoms with E-state index in [1.807, 2.05) is 0 Å². The number of ketones is 1. The Morgan fingerprint density at radius 3 is 2.68 bits per heavy atom. The Bertz CT molecular complexity index is 585. The number of carbonyl (C=O) groups is 1. The highest BCUT2D eigenvalue weighted by Gasteiger charge is 2.59. The van der Waals surface area contributed by atoms with Crippen molar-refractivity contribution in [2.24, 2.45) is 34.5 Å². The van der Waals surface area contributed by atoms with Gasteiger partial charge < -0.3 is 0 Å². The Morgan fingerprint density at radius 1 is 1.09 bits per heavy atom. The van der Waals surface area contributed by atoms with Gasteiger partial charge >= 0.3 is 0 Å². The SMILES string of the molecule is C[C@]12CCC(C#N)=C[C@@H]1CC[C@@H]1[C@H]2CC[C@]2(C)C(=O)CC[C@@H]12. The molecule has 0 amide bonds. The van der Waals surface area contributed by atoms with Gasteiger partial charge in [0.05, 0.1) is 6.07 Å². The molecule has 3 fully saturated rings. The third-order valence-electron chi connectivity index (χ3n) is 8.13. The van der Waals surface area contributed by atoms with Gasteiger partial charge in [-0.25, -0.2) is 0 Å². The quantitative estimate of drug-likeness (QED) is 0.652. The van der Waals surface area contributed by atoms with Gasteiger partial charge in [-0.2, -0.15) is 5.26 Å². The summed E-state index contributed by atoms with van der Waals surface area (Å²) in [6.07, 6.45) is 11.2. The van der Waals surface area contributed by atoms with Crippen LogP contribution in [0.5, 0.6) is 0 Å². The zero-order valence-corrected chi connectivity index (χ0v) is 13.9. The molecule has 22 heavy (non-hydrogen) atoms. The zero-order valence-electron chi connectivity index (χ0n) is 13.9. The summed E-state index contributed by atoms with van der Waals surface area (Å²) in [5, 5.41) is 9.23. The van der Waals surface area contributed by atoms with Crippen molar-refractivity contribution >= 4 is 5.78 Å². The van der Waals surface area contributed by atoms with E-state index >= 15 is 0 Å². The van der Waals surface area contributed by atoms with Crippen LogP contribution in [0.15, 0.2) is 11.6 Å². The maximum atomic E-state index is 12.4. The molecule has 0 aromatic carbocycles. The molecule has 4 aliphatic carbocycles. The van der Waals surface area contributed by atoms with Crippen molar-refractivity contribution in [3.63, 3.8) is 0 Å². The van der Waals surface area contributed by atoms with E-state index in [9.17, 15) is 10.1 Å². The Morgan fingerprint density at radius 2 is 1.91 bits per heavy atom. The summed E-state index contributed by atoms with van der Waals surface area (Å²) >= 11 is 0. The Kier molecular flexibility index (Phi) is 3.09. The fourth-order valence-corrected chi connectivity index (χ4v) is 6.72. The number of rotatable bonds is 0. The molecule has 118 valence electrons. The van der Waals surface area contributed by atoms with Gasteiger partial charge in [0, 0.05) is 17.4 Å². The lowest BCUT2D eigenvalue weighted by Gasteiger charge is -2.58. The lowest BCUT2D eigenvalue weighted by atomic mass is 9.46. The minimum absolute atomic E-state index is 0.00726. The normalized spacial score (nSPS) is 50.4.